The zero-order valence-corrected chi connectivity index (χ0v) is 12.2. The van der Waals surface area contributed by atoms with Gasteiger partial charge in [0, 0.05) is 10.7 Å². The van der Waals surface area contributed by atoms with E-state index in [-0.39, 0.29) is 0 Å². The van der Waals surface area contributed by atoms with Crippen LogP contribution in [-0.2, 0) is 4.79 Å². The van der Waals surface area contributed by atoms with Gasteiger partial charge < -0.3 is 11.1 Å². The highest BCUT2D eigenvalue weighted by Crippen LogP contribution is 2.22. The number of amides is 1. The van der Waals surface area contributed by atoms with Crippen molar-refractivity contribution in [2.75, 3.05) is 5.32 Å². The smallest absolute Gasteiger partial charge is 0.244 e. The molecule has 4 heteroatoms. The first-order chi connectivity index (χ1) is 9.47. The van der Waals surface area contributed by atoms with Gasteiger partial charge in [0.15, 0.2) is 0 Å². The molecule has 0 aliphatic carbocycles. The number of aryl methyl sites for hydroxylation is 2. The minimum absolute atomic E-state index is 0.414. The van der Waals surface area contributed by atoms with Crippen LogP contribution in [0, 0.1) is 13.8 Å². The van der Waals surface area contributed by atoms with Gasteiger partial charge in [0.05, 0.1) is 0 Å². The standard InChI is InChI=1S/C16H17ClN2O/c1-10-3-4-12(9-11(10)2)15(16(18)20)19-14-7-5-13(17)6-8-14/h3-9,15,19H,1-2H3,(H2,18,20). The molecular weight excluding hydrogens is 272 g/mol. The summed E-state index contributed by atoms with van der Waals surface area (Å²) in [6.07, 6.45) is 0. The van der Waals surface area contributed by atoms with Gasteiger partial charge >= 0.3 is 0 Å². The van der Waals surface area contributed by atoms with Crippen LogP contribution in [0.1, 0.15) is 22.7 Å². The summed E-state index contributed by atoms with van der Waals surface area (Å²) in [5.74, 6) is -0.414. The number of hydrogen-bond donors (Lipinski definition) is 2. The summed E-state index contributed by atoms with van der Waals surface area (Å²) in [4.78, 5) is 11.7. The van der Waals surface area contributed by atoms with Gasteiger partial charge in [-0.2, -0.15) is 0 Å². The lowest BCUT2D eigenvalue weighted by atomic mass is 10.0. The number of nitrogens with one attached hydrogen (secondary N) is 1. The molecule has 1 amide bonds. The summed E-state index contributed by atoms with van der Waals surface area (Å²) >= 11 is 5.85. The van der Waals surface area contributed by atoms with Crippen LogP contribution in [0.5, 0.6) is 0 Å². The Bertz CT molecular complexity index is 623. The van der Waals surface area contributed by atoms with Crippen molar-refractivity contribution in [1.82, 2.24) is 0 Å². The topological polar surface area (TPSA) is 55.1 Å². The van der Waals surface area contributed by atoms with E-state index in [2.05, 4.69) is 5.32 Å². The molecule has 2 rings (SSSR count). The zero-order chi connectivity index (χ0) is 14.7. The third-order valence-electron chi connectivity index (χ3n) is 3.30. The van der Waals surface area contributed by atoms with Crippen LogP contribution in [0.3, 0.4) is 0 Å². The Morgan fingerprint density at radius 2 is 1.75 bits per heavy atom. The molecule has 20 heavy (non-hydrogen) atoms. The van der Waals surface area contributed by atoms with Crippen molar-refractivity contribution in [2.45, 2.75) is 19.9 Å². The number of halogens is 1. The number of carbonyl (C=O) groups excluding carboxylic acids is 1. The number of primary amides is 1. The maximum absolute atomic E-state index is 11.7. The van der Waals surface area contributed by atoms with Crippen LogP contribution in [-0.4, -0.2) is 5.91 Å². The minimum atomic E-state index is -0.560. The van der Waals surface area contributed by atoms with Gasteiger partial charge in [-0.3, -0.25) is 4.79 Å². The second-order valence-electron chi connectivity index (χ2n) is 4.83. The van der Waals surface area contributed by atoms with Crippen LogP contribution in [0.25, 0.3) is 0 Å². The Morgan fingerprint density at radius 1 is 1.10 bits per heavy atom. The summed E-state index contributed by atoms with van der Waals surface area (Å²) in [7, 11) is 0. The number of hydrogen-bond acceptors (Lipinski definition) is 2. The summed E-state index contributed by atoms with van der Waals surface area (Å²) in [5, 5.41) is 3.79. The first-order valence-electron chi connectivity index (χ1n) is 6.36. The Balaban J connectivity index is 2.29. The molecule has 2 aromatic carbocycles. The fourth-order valence-electron chi connectivity index (χ4n) is 1.98. The normalized spacial score (nSPS) is 11.9. The summed E-state index contributed by atoms with van der Waals surface area (Å²) < 4.78 is 0. The molecule has 0 spiro atoms. The van der Waals surface area contributed by atoms with Crippen molar-refractivity contribution in [1.29, 1.82) is 0 Å². The molecule has 0 heterocycles. The molecule has 0 aromatic heterocycles. The highest BCUT2D eigenvalue weighted by Gasteiger charge is 2.18. The Kier molecular flexibility index (Phi) is 4.30. The second kappa shape index (κ2) is 5.97. The van der Waals surface area contributed by atoms with Crippen molar-refractivity contribution >= 4 is 23.2 Å². The van der Waals surface area contributed by atoms with Gasteiger partial charge in [-0.15, -0.1) is 0 Å². The van der Waals surface area contributed by atoms with Crippen molar-refractivity contribution in [3.63, 3.8) is 0 Å². The van der Waals surface area contributed by atoms with Gasteiger partial charge in [-0.25, -0.2) is 0 Å². The lowest BCUT2D eigenvalue weighted by Gasteiger charge is -2.18. The summed E-state index contributed by atoms with van der Waals surface area (Å²) in [5.41, 5.74) is 9.48. The van der Waals surface area contributed by atoms with Crippen molar-refractivity contribution in [3.05, 3.63) is 64.2 Å². The number of anilines is 1. The van der Waals surface area contributed by atoms with E-state index >= 15 is 0 Å². The van der Waals surface area contributed by atoms with Crippen LogP contribution < -0.4 is 11.1 Å². The predicted molar refractivity (Wildman–Crippen MR) is 82.9 cm³/mol. The molecule has 3 nitrogen and oxygen atoms in total. The van der Waals surface area contributed by atoms with Gasteiger partial charge in [0.2, 0.25) is 5.91 Å². The fraction of sp³-hybridized carbons (Fsp3) is 0.188. The molecule has 104 valence electrons. The third-order valence-corrected chi connectivity index (χ3v) is 3.56. The highest BCUT2D eigenvalue weighted by molar-refractivity contribution is 6.30. The molecule has 0 bridgehead atoms. The highest BCUT2D eigenvalue weighted by atomic mass is 35.5. The van der Waals surface area contributed by atoms with Crippen LogP contribution in [0.4, 0.5) is 5.69 Å². The monoisotopic (exact) mass is 288 g/mol. The molecule has 2 aromatic rings. The third kappa shape index (κ3) is 3.31. The van der Waals surface area contributed by atoms with E-state index in [1.165, 1.54) is 5.56 Å². The van der Waals surface area contributed by atoms with E-state index < -0.39 is 11.9 Å². The largest absolute Gasteiger partial charge is 0.370 e. The van der Waals surface area contributed by atoms with E-state index in [4.69, 9.17) is 17.3 Å². The Hall–Kier alpha value is -2.00. The Morgan fingerprint density at radius 3 is 2.30 bits per heavy atom. The summed E-state index contributed by atoms with van der Waals surface area (Å²) in [6, 6.07) is 12.5. The molecule has 1 atom stereocenters. The molecule has 0 aliphatic heterocycles. The molecule has 0 saturated heterocycles. The van der Waals surface area contributed by atoms with E-state index in [1.807, 2.05) is 44.2 Å². The minimum Gasteiger partial charge on any atom is -0.370 e. The lowest BCUT2D eigenvalue weighted by Crippen LogP contribution is -2.27. The molecule has 3 N–H and O–H groups in total. The van der Waals surface area contributed by atoms with Gasteiger partial charge in [0.25, 0.3) is 0 Å². The fourth-order valence-corrected chi connectivity index (χ4v) is 2.10. The first-order valence-corrected chi connectivity index (χ1v) is 6.74. The number of nitrogens with two attached hydrogens (primary N) is 1. The summed E-state index contributed by atoms with van der Waals surface area (Å²) in [6.45, 7) is 4.05. The van der Waals surface area contributed by atoms with Crippen LogP contribution >= 0.6 is 11.6 Å². The number of benzene rings is 2. The van der Waals surface area contributed by atoms with Crippen molar-refractivity contribution in [2.24, 2.45) is 5.73 Å². The molecule has 0 radical (unpaired) electrons. The van der Waals surface area contributed by atoms with Gasteiger partial charge in [0.1, 0.15) is 6.04 Å². The van der Waals surface area contributed by atoms with Gasteiger partial charge in [-0.1, -0.05) is 29.8 Å². The van der Waals surface area contributed by atoms with Crippen molar-refractivity contribution in [3.8, 4) is 0 Å². The maximum atomic E-state index is 11.7. The van der Waals surface area contributed by atoms with Crippen molar-refractivity contribution < 1.29 is 4.79 Å². The molecule has 0 aliphatic rings. The molecule has 0 saturated carbocycles. The zero-order valence-electron chi connectivity index (χ0n) is 11.5. The van der Waals surface area contributed by atoms with E-state index in [0.717, 1.165) is 16.8 Å². The maximum Gasteiger partial charge on any atom is 0.244 e. The quantitative estimate of drug-likeness (QED) is 0.903. The number of rotatable bonds is 4. The van der Waals surface area contributed by atoms with Gasteiger partial charge in [-0.05, 0) is 54.8 Å². The average molecular weight is 289 g/mol. The molecular formula is C16H17ClN2O. The van der Waals surface area contributed by atoms with E-state index in [1.54, 1.807) is 12.1 Å². The van der Waals surface area contributed by atoms with Crippen LogP contribution in [0.15, 0.2) is 42.5 Å². The lowest BCUT2D eigenvalue weighted by molar-refractivity contribution is -0.118. The van der Waals surface area contributed by atoms with Crippen LogP contribution in [0.2, 0.25) is 5.02 Å². The number of carbonyl (C=O) groups is 1. The molecule has 0 fully saturated rings. The van der Waals surface area contributed by atoms with E-state index in [9.17, 15) is 4.79 Å². The SMILES string of the molecule is Cc1ccc(C(Nc2ccc(Cl)cc2)C(N)=O)cc1C. The van der Waals surface area contributed by atoms with E-state index in [0.29, 0.717) is 5.02 Å². The Labute approximate surface area is 123 Å². The predicted octanol–water partition coefficient (Wildman–Crippen LogP) is 3.60. The second-order valence-corrected chi connectivity index (χ2v) is 5.27. The average Bonchev–Trinajstić information content (AvgIpc) is 2.41. The molecule has 1 unspecified atom stereocenters. The first kappa shape index (κ1) is 14.4.